The second-order valence-corrected chi connectivity index (χ2v) is 5.81. The summed E-state index contributed by atoms with van der Waals surface area (Å²) in [6.07, 6.45) is 1.56. The molecule has 0 aliphatic carbocycles. The molecule has 3 aromatic rings. The third-order valence-corrected chi connectivity index (χ3v) is 4.13. The smallest absolute Gasteiger partial charge is 0.135 e. The average Bonchev–Trinajstić information content (AvgIpc) is 3.06. The molecule has 0 aliphatic rings. The number of rotatable bonds is 4. The van der Waals surface area contributed by atoms with E-state index in [1.54, 1.807) is 37.4 Å². The van der Waals surface area contributed by atoms with E-state index in [0.717, 1.165) is 5.56 Å². The number of hydrogen-bond acceptors (Lipinski definition) is 4. The lowest BCUT2D eigenvalue weighted by atomic mass is 10.1. The minimum absolute atomic E-state index is 0.314. The summed E-state index contributed by atoms with van der Waals surface area (Å²) >= 11 is 0. The first kappa shape index (κ1) is 18.1. The Morgan fingerprint density at radius 3 is 2.70 bits per heavy atom. The number of nitrogens with zero attached hydrogens (tertiary/aromatic N) is 3. The third kappa shape index (κ3) is 3.62. The second kappa shape index (κ2) is 7.67. The number of nitriles is 1. The van der Waals surface area contributed by atoms with Gasteiger partial charge >= 0.3 is 0 Å². The molecule has 0 spiro atoms. The number of methoxy groups -OCH3 is 1. The SMILES string of the molecule is C=c1c(-c2ccc(C#N)cc2)n[nH]/c1=C/N=C(\C)c1c(F)cccc1OC. The standard InChI is InChI=1S/C21H17FN4O/c1-13-18(25-26-21(13)16-9-7-15(11-23)8-10-16)12-24-14(2)20-17(22)5-4-6-19(20)27-3/h4-10,12,25H,1H2,2-3H3/b18-12+,24-14+. The van der Waals surface area contributed by atoms with Crippen LogP contribution in [0.25, 0.3) is 24.0 Å². The summed E-state index contributed by atoms with van der Waals surface area (Å²) in [6.45, 7) is 5.75. The fourth-order valence-electron chi connectivity index (χ4n) is 2.68. The zero-order valence-electron chi connectivity index (χ0n) is 15.0. The summed E-state index contributed by atoms with van der Waals surface area (Å²) < 4.78 is 19.4. The zero-order valence-corrected chi connectivity index (χ0v) is 15.0. The molecular weight excluding hydrogens is 343 g/mol. The first-order valence-corrected chi connectivity index (χ1v) is 8.16. The Morgan fingerprint density at radius 1 is 1.30 bits per heavy atom. The molecule has 1 N–H and O–H groups in total. The van der Waals surface area contributed by atoms with Crippen molar-refractivity contribution in [3.8, 4) is 23.1 Å². The number of benzene rings is 2. The molecule has 0 amide bonds. The van der Waals surface area contributed by atoms with Crippen LogP contribution in [0.15, 0.2) is 47.5 Å². The Labute approximate surface area is 155 Å². The van der Waals surface area contributed by atoms with Crippen molar-refractivity contribution in [2.24, 2.45) is 4.99 Å². The van der Waals surface area contributed by atoms with Gasteiger partial charge in [-0.2, -0.15) is 10.4 Å². The molecule has 2 aromatic carbocycles. The van der Waals surface area contributed by atoms with E-state index < -0.39 is 5.82 Å². The summed E-state index contributed by atoms with van der Waals surface area (Å²) in [6, 6.07) is 13.8. The molecule has 0 fully saturated rings. The molecule has 1 aromatic heterocycles. The maximum absolute atomic E-state index is 14.1. The fourth-order valence-corrected chi connectivity index (χ4v) is 2.68. The van der Waals surface area contributed by atoms with Crippen LogP contribution in [0.3, 0.4) is 0 Å². The number of aromatic nitrogens is 2. The first-order chi connectivity index (χ1) is 13.0. The average molecular weight is 360 g/mol. The number of hydrogen-bond donors (Lipinski definition) is 1. The summed E-state index contributed by atoms with van der Waals surface area (Å²) in [4.78, 5) is 4.35. The summed E-state index contributed by atoms with van der Waals surface area (Å²) in [5.41, 5.74) is 2.87. The van der Waals surface area contributed by atoms with E-state index >= 15 is 0 Å². The number of ether oxygens (including phenoxy) is 1. The van der Waals surface area contributed by atoms with Crippen molar-refractivity contribution in [2.45, 2.75) is 6.92 Å². The van der Waals surface area contributed by atoms with Gasteiger partial charge in [0.05, 0.1) is 47.3 Å². The van der Waals surface area contributed by atoms with E-state index in [9.17, 15) is 4.39 Å². The van der Waals surface area contributed by atoms with Gasteiger partial charge in [-0.15, -0.1) is 0 Å². The van der Waals surface area contributed by atoms with E-state index in [2.05, 4.69) is 27.8 Å². The molecular formula is C21H17FN4O. The van der Waals surface area contributed by atoms with Gasteiger partial charge in [0.15, 0.2) is 0 Å². The first-order valence-electron chi connectivity index (χ1n) is 8.16. The maximum atomic E-state index is 14.1. The Hall–Kier alpha value is -3.72. The van der Waals surface area contributed by atoms with Crippen molar-refractivity contribution in [1.82, 2.24) is 10.2 Å². The van der Waals surface area contributed by atoms with Crippen LogP contribution in [0.2, 0.25) is 0 Å². The van der Waals surface area contributed by atoms with Crippen molar-refractivity contribution in [1.29, 1.82) is 5.26 Å². The lowest BCUT2D eigenvalue weighted by Gasteiger charge is -2.08. The van der Waals surface area contributed by atoms with Gasteiger partial charge in [-0.05, 0) is 31.2 Å². The predicted octanol–water partition coefficient (Wildman–Crippen LogP) is 2.75. The molecule has 0 bridgehead atoms. The molecule has 3 rings (SSSR count). The Balaban J connectivity index is 2.00. The van der Waals surface area contributed by atoms with Crippen molar-refractivity contribution in [2.75, 3.05) is 7.11 Å². The lowest BCUT2D eigenvalue weighted by molar-refractivity contribution is 0.410. The molecule has 0 aliphatic heterocycles. The van der Waals surface area contributed by atoms with Crippen molar-refractivity contribution in [3.63, 3.8) is 0 Å². The van der Waals surface area contributed by atoms with Gasteiger partial charge in [-0.25, -0.2) is 4.39 Å². The highest BCUT2D eigenvalue weighted by Gasteiger charge is 2.11. The molecule has 27 heavy (non-hydrogen) atoms. The number of H-pyrrole nitrogens is 1. The van der Waals surface area contributed by atoms with Gasteiger partial charge in [0.2, 0.25) is 0 Å². The molecule has 134 valence electrons. The van der Waals surface area contributed by atoms with Gasteiger partial charge in [0.25, 0.3) is 0 Å². The minimum atomic E-state index is -0.401. The largest absolute Gasteiger partial charge is 0.496 e. The van der Waals surface area contributed by atoms with E-state index in [1.165, 1.54) is 13.2 Å². The number of aromatic amines is 1. The Bertz CT molecular complexity index is 1150. The number of nitrogens with one attached hydrogen (secondary N) is 1. The van der Waals surface area contributed by atoms with Crippen LogP contribution in [0.4, 0.5) is 4.39 Å². The van der Waals surface area contributed by atoms with Crippen LogP contribution in [0.1, 0.15) is 18.1 Å². The van der Waals surface area contributed by atoms with Crippen LogP contribution in [-0.2, 0) is 0 Å². The number of halogens is 1. The summed E-state index contributed by atoms with van der Waals surface area (Å²) in [5.74, 6) is 0.0177. The van der Waals surface area contributed by atoms with Crippen LogP contribution >= 0.6 is 0 Å². The number of aliphatic imine (C=N–C) groups is 1. The van der Waals surface area contributed by atoms with Crippen LogP contribution in [0, 0.1) is 17.1 Å². The zero-order chi connectivity index (χ0) is 19.4. The van der Waals surface area contributed by atoms with Crippen molar-refractivity contribution >= 4 is 18.5 Å². The van der Waals surface area contributed by atoms with E-state index in [1.807, 2.05) is 12.1 Å². The minimum Gasteiger partial charge on any atom is -0.496 e. The predicted molar refractivity (Wildman–Crippen MR) is 103 cm³/mol. The van der Waals surface area contributed by atoms with Gasteiger partial charge in [0.1, 0.15) is 11.6 Å². The highest BCUT2D eigenvalue weighted by Crippen LogP contribution is 2.22. The van der Waals surface area contributed by atoms with Crippen LogP contribution < -0.4 is 15.3 Å². The Kier molecular flexibility index (Phi) is 5.13. The molecule has 5 nitrogen and oxygen atoms in total. The van der Waals surface area contributed by atoms with Crippen molar-refractivity contribution < 1.29 is 9.13 Å². The quantitative estimate of drug-likeness (QED) is 0.727. The normalized spacial score (nSPS) is 12.1. The Morgan fingerprint density at radius 2 is 2.04 bits per heavy atom. The van der Waals surface area contributed by atoms with Crippen LogP contribution in [0.5, 0.6) is 5.75 Å². The fraction of sp³-hybridized carbons (Fsp3) is 0.0952. The van der Waals surface area contributed by atoms with Gasteiger partial charge in [-0.1, -0.05) is 24.8 Å². The summed E-state index contributed by atoms with van der Waals surface area (Å²) in [5, 5.41) is 17.3. The molecule has 0 unspecified atom stereocenters. The summed E-state index contributed by atoms with van der Waals surface area (Å²) in [7, 11) is 1.49. The van der Waals surface area contributed by atoms with E-state index in [-0.39, 0.29) is 0 Å². The third-order valence-electron chi connectivity index (χ3n) is 4.13. The van der Waals surface area contributed by atoms with E-state index in [4.69, 9.17) is 10.00 Å². The lowest BCUT2D eigenvalue weighted by Crippen LogP contribution is -2.21. The molecule has 0 radical (unpaired) electrons. The van der Waals surface area contributed by atoms with Gasteiger partial charge < -0.3 is 4.74 Å². The molecule has 1 heterocycles. The maximum Gasteiger partial charge on any atom is 0.135 e. The highest BCUT2D eigenvalue weighted by atomic mass is 19.1. The van der Waals surface area contributed by atoms with Crippen molar-refractivity contribution in [3.05, 3.63) is 70.0 Å². The topological polar surface area (TPSA) is 74.1 Å². The highest BCUT2D eigenvalue weighted by molar-refractivity contribution is 6.02. The molecule has 6 heteroatoms. The monoisotopic (exact) mass is 360 g/mol. The van der Waals surface area contributed by atoms with Gasteiger partial charge in [-0.3, -0.25) is 10.1 Å². The molecule has 0 saturated heterocycles. The van der Waals surface area contributed by atoms with Crippen LogP contribution in [-0.4, -0.2) is 23.0 Å². The molecule has 0 atom stereocenters. The van der Waals surface area contributed by atoms with Gasteiger partial charge in [0, 0.05) is 10.8 Å². The molecule has 0 saturated carbocycles. The van der Waals surface area contributed by atoms with E-state index in [0.29, 0.717) is 38.8 Å². The second-order valence-electron chi connectivity index (χ2n) is 5.81.